The van der Waals surface area contributed by atoms with Crippen molar-refractivity contribution >= 4 is 18.4 Å². The number of allylic oxidation sites excluding steroid dienone is 1. The fraction of sp³-hybridized carbons (Fsp3) is 0.429. The summed E-state index contributed by atoms with van der Waals surface area (Å²) < 4.78 is 36.0. The van der Waals surface area contributed by atoms with Crippen molar-refractivity contribution < 1.29 is 17.8 Å². The number of rotatable bonds is 7. The molecule has 1 aromatic rings. The molecule has 1 aromatic carbocycles. The van der Waals surface area contributed by atoms with Gasteiger partial charge in [-0.3, -0.25) is 4.57 Å². The standard InChI is InChI=1S/C14H21O4PS/c1-5-14(19(15,17-6-2)18-7-3)20(16)13-10-8-12(4)9-11-13/h5,8-11H,6-7H2,1-4H3/b14-5-. The van der Waals surface area contributed by atoms with Gasteiger partial charge in [0.15, 0.2) is 0 Å². The topological polar surface area (TPSA) is 52.6 Å². The van der Waals surface area contributed by atoms with E-state index in [0.717, 1.165) is 5.56 Å². The van der Waals surface area contributed by atoms with E-state index in [1.54, 1.807) is 39.0 Å². The Kier molecular flexibility index (Phi) is 6.83. The zero-order chi connectivity index (χ0) is 15.2. The number of aryl methyl sites for hydroxylation is 1. The first-order chi connectivity index (χ1) is 9.48. The molecule has 6 heteroatoms. The number of hydrogen-bond donors (Lipinski definition) is 0. The highest BCUT2D eigenvalue weighted by Crippen LogP contribution is 2.58. The maximum atomic E-state index is 12.7. The quantitative estimate of drug-likeness (QED) is 0.706. The van der Waals surface area contributed by atoms with Gasteiger partial charge in [-0.2, -0.15) is 0 Å². The first-order valence-corrected chi connectivity index (χ1v) is 9.22. The fourth-order valence-corrected chi connectivity index (χ4v) is 5.26. The van der Waals surface area contributed by atoms with Crippen molar-refractivity contribution in [2.45, 2.75) is 32.6 Å². The summed E-state index contributed by atoms with van der Waals surface area (Å²) in [5, 5.41) is 0. The molecule has 0 bridgehead atoms. The van der Waals surface area contributed by atoms with Crippen molar-refractivity contribution in [2.75, 3.05) is 13.2 Å². The Labute approximate surface area is 123 Å². The highest BCUT2D eigenvalue weighted by molar-refractivity contribution is 7.98. The van der Waals surface area contributed by atoms with Crippen LogP contribution in [0.2, 0.25) is 0 Å². The van der Waals surface area contributed by atoms with Gasteiger partial charge in [-0.1, -0.05) is 23.8 Å². The van der Waals surface area contributed by atoms with E-state index < -0.39 is 18.4 Å². The molecule has 0 aliphatic carbocycles. The molecule has 4 nitrogen and oxygen atoms in total. The third-order valence-corrected chi connectivity index (χ3v) is 7.02. The van der Waals surface area contributed by atoms with Crippen molar-refractivity contribution in [1.82, 2.24) is 0 Å². The second-order valence-corrected chi connectivity index (χ2v) is 7.79. The summed E-state index contributed by atoms with van der Waals surface area (Å²) in [4.78, 5) is 0.586. The molecular formula is C14H21O4PS. The molecule has 1 rings (SSSR count). The van der Waals surface area contributed by atoms with Crippen molar-refractivity contribution in [3.05, 3.63) is 40.6 Å². The Bertz CT molecular complexity index is 527. The smallest absolute Gasteiger partial charge is 0.305 e. The summed E-state index contributed by atoms with van der Waals surface area (Å²) in [6, 6.07) is 7.26. The van der Waals surface area contributed by atoms with E-state index in [-0.39, 0.29) is 17.9 Å². The molecule has 0 aromatic heterocycles. The van der Waals surface area contributed by atoms with Crippen LogP contribution in [0.5, 0.6) is 0 Å². The summed E-state index contributed by atoms with van der Waals surface area (Å²) >= 11 is 0. The van der Waals surface area contributed by atoms with Crippen molar-refractivity contribution in [2.24, 2.45) is 0 Å². The van der Waals surface area contributed by atoms with Crippen LogP contribution in [-0.4, -0.2) is 17.4 Å². The zero-order valence-electron chi connectivity index (χ0n) is 12.3. The normalized spacial score (nSPS) is 14.3. The molecule has 0 aliphatic heterocycles. The molecule has 0 saturated heterocycles. The molecule has 1 atom stereocenters. The Morgan fingerprint density at radius 2 is 1.70 bits per heavy atom. The molecular weight excluding hydrogens is 295 g/mol. The van der Waals surface area contributed by atoms with Crippen LogP contribution in [0.1, 0.15) is 26.3 Å². The van der Waals surface area contributed by atoms with Gasteiger partial charge in [0.25, 0.3) is 0 Å². The van der Waals surface area contributed by atoms with Gasteiger partial charge in [-0.05, 0) is 39.8 Å². The van der Waals surface area contributed by atoms with E-state index in [0.29, 0.717) is 4.90 Å². The minimum atomic E-state index is -3.50. The molecule has 0 N–H and O–H groups in total. The Morgan fingerprint density at radius 3 is 2.10 bits per heavy atom. The molecule has 0 amide bonds. The molecule has 20 heavy (non-hydrogen) atoms. The second kappa shape index (κ2) is 7.89. The van der Waals surface area contributed by atoms with E-state index >= 15 is 0 Å². The Hall–Kier alpha value is -0.740. The fourth-order valence-electron chi connectivity index (χ4n) is 1.65. The summed E-state index contributed by atoms with van der Waals surface area (Å²) in [5.41, 5.74) is 1.07. The van der Waals surface area contributed by atoms with E-state index in [4.69, 9.17) is 9.05 Å². The number of hydrogen-bond acceptors (Lipinski definition) is 4. The van der Waals surface area contributed by atoms with Gasteiger partial charge >= 0.3 is 7.60 Å². The van der Waals surface area contributed by atoms with Crippen LogP contribution in [0, 0.1) is 6.92 Å². The Balaban J connectivity index is 3.14. The van der Waals surface area contributed by atoms with Crippen LogP contribution >= 0.6 is 7.60 Å². The third kappa shape index (κ3) is 4.13. The highest BCUT2D eigenvalue weighted by atomic mass is 32.2. The minimum Gasteiger partial charge on any atom is -0.305 e. The predicted octanol–water partition coefficient (Wildman–Crippen LogP) is 4.23. The molecule has 0 heterocycles. The second-order valence-electron chi connectivity index (χ2n) is 4.04. The van der Waals surface area contributed by atoms with Gasteiger partial charge in [-0.25, -0.2) is 4.21 Å². The average Bonchev–Trinajstić information content (AvgIpc) is 2.40. The maximum Gasteiger partial charge on any atom is 0.370 e. The summed E-state index contributed by atoms with van der Waals surface area (Å²) in [6.45, 7) is 7.57. The van der Waals surface area contributed by atoms with Crippen molar-refractivity contribution in [3.63, 3.8) is 0 Å². The van der Waals surface area contributed by atoms with Gasteiger partial charge < -0.3 is 9.05 Å². The van der Waals surface area contributed by atoms with Crippen molar-refractivity contribution in [3.8, 4) is 0 Å². The van der Waals surface area contributed by atoms with E-state index in [2.05, 4.69) is 0 Å². The van der Waals surface area contributed by atoms with E-state index in [1.165, 1.54) is 0 Å². The molecule has 112 valence electrons. The van der Waals surface area contributed by atoms with Crippen molar-refractivity contribution in [1.29, 1.82) is 0 Å². The lowest BCUT2D eigenvalue weighted by molar-refractivity contribution is 0.228. The first-order valence-electron chi connectivity index (χ1n) is 6.53. The van der Waals surface area contributed by atoms with Gasteiger partial charge in [0.2, 0.25) is 0 Å². The van der Waals surface area contributed by atoms with Gasteiger partial charge in [0, 0.05) is 4.90 Å². The van der Waals surface area contributed by atoms with Crippen LogP contribution in [0.3, 0.4) is 0 Å². The lowest BCUT2D eigenvalue weighted by atomic mass is 10.2. The summed E-state index contributed by atoms with van der Waals surface area (Å²) in [6.07, 6.45) is 1.56. The zero-order valence-corrected chi connectivity index (χ0v) is 14.0. The predicted molar refractivity (Wildman–Crippen MR) is 82.2 cm³/mol. The lowest BCUT2D eigenvalue weighted by Gasteiger charge is -2.19. The van der Waals surface area contributed by atoms with Crippen LogP contribution in [0.4, 0.5) is 0 Å². The summed E-state index contributed by atoms with van der Waals surface area (Å²) in [5.74, 6) is 0. The molecule has 0 radical (unpaired) electrons. The maximum absolute atomic E-state index is 12.7. The number of benzene rings is 1. The molecule has 0 fully saturated rings. The molecule has 0 saturated carbocycles. The molecule has 0 aliphatic rings. The molecule has 0 spiro atoms. The van der Waals surface area contributed by atoms with Gasteiger partial charge in [-0.15, -0.1) is 0 Å². The highest BCUT2D eigenvalue weighted by Gasteiger charge is 2.33. The van der Waals surface area contributed by atoms with E-state index in [9.17, 15) is 8.77 Å². The monoisotopic (exact) mass is 316 g/mol. The SMILES string of the molecule is C/C=C(\S(=O)c1ccc(C)cc1)P(=O)(OCC)OCC. The third-order valence-electron chi connectivity index (χ3n) is 2.54. The van der Waals surface area contributed by atoms with Crippen LogP contribution in [-0.2, 0) is 24.4 Å². The average molecular weight is 316 g/mol. The van der Waals surface area contributed by atoms with Crippen LogP contribution in [0.15, 0.2) is 39.9 Å². The van der Waals surface area contributed by atoms with Crippen LogP contribution < -0.4 is 0 Å². The lowest BCUT2D eigenvalue weighted by Crippen LogP contribution is -2.04. The molecule has 1 unspecified atom stereocenters. The van der Waals surface area contributed by atoms with Gasteiger partial charge in [0.05, 0.1) is 24.0 Å². The van der Waals surface area contributed by atoms with Crippen LogP contribution in [0.25, 0.3) is 0 Å². The van der Waals surface area contributed by atoms with Gasteiger partial charge in [0.1, 0.15) is 4.65 Å². The van der Waals surface area contributed by atoms with E-state index in [1.807, 2.05) is 19.1 Å². The summed E-state index contributed by atoms with van der Waals surface area (Å²) in [7, 11) is -5.06. The minimum absolute atomic E-state index is 0.199. The largest absolute Gasteiger partial charge is 0.370 e. The first kappa shape index (κ1) is 17.3. The Morgan fingerprint density at radius 1 is 1.20 bits per heavy atom.